The fraction of sp³-hybridized carbons (Fsp3) is 0.455. The summed E-state index contributed by atoms with van der Waals surface area (Å²) in [6.45, 7) is 1.08. The van der Waals surface area contributed by atoms with E-state index in [1.807, 2.05) is 18.2 Å². The van der Waals surface area contributed by atoms with Crippen LogP contribution in [-0.4, -0.2) is 25.4 Å². The van der Waals surface area contributed by atoms with Crippen molar-refractivity contribution in [2.75, 3.05) is 25.6 Å². The van der Waals surface area contributed by atoms with E-state index in [1.54, 1.807) is 7.11 Å². The van der Waals surface area contributed by atoms with Crippen molar-refractivity contribution in [2.45, 2.75) is 12.8 Å². The molecule has 0 spiro atoms. The first-order valence-electron chi connectivity index (χ1n) is 4.96. The lowest BCUT2D eigenvalue weighted by Crippen LogP contribution is -2.02. The molecule has 15 heavy (non-hydrogen) atoms. The molecule has 0 atom stereocenters. The van der Waals surface area contributed by atoms with Crippen LogP contribution in [0, 0.1) is 0 Å². The van der Waals surface area contributed by atoms with Crippen LogP contribution in [-0.2, 0) is 0 Å². The van der Waals surface area contributed by atoms with E-state index >= 15 is 0 Å². The summed E-state index contributed by atoms with van der Waals surface area (Å²) in [5, 5.41) is 12.4. The second-order valence-electron chi connectivity index (χ2n) is 3.21. The van der Waals surface area contributed by atoms with Gasteiger partial charge in [-0.1, -0.05) is 11.6 Å². The van der Waals surface area contributed by atoms with E-state index in [2.05, 4.69) is 5.32 Å². The van der Waals surface area contributed by atoms with Gasteiger partial charge in [0.15, 0.2) is 0 Å². The van der Waals surface area contributed by atoms with Crippen LogP contribution in [0.1, 0.15) is 12.8 Å². The molecular weight excluding hydrogens is 214 g/mol. The van der Waals surface area contributed by atoms with Crippen LogP contribution in [0.15, 0.2) is 18.2 Å². The van der Waals surface area contributed by atoms with E-state index < -0.39 is 0 Å². The molecular formula is C11H16ClNO2. The van der Waals surface area contributed by atoms with Gasteiger partial charge < -0.3 is 15.2 Å². The number of hydrogen-bond donors (Lipinski definition) is 2. The molecule has 0 saturated carbocycles. The Morgan fingerprint density at radius 3 is 2.80 bits per heavy atom. The van der Waals surface area contributed by atoms with Crippen LogP contribution in [0.25, 0.3) is 0 Å². The number of ether oxygens (including phenoxy) is 1. The van der Waals surface area contributed by atoms with Gasteiger partial charge in [-0.25, -0.2) is 0 Å². The number of aliphatic hydroxyl groups is 1. The maximum Gasteiger partial charge on any atom is 0.137 e. The van der Waals surface area contributed by atoms with Gasteiger partial charge in [-0.2, -0.15) is 0 Å². The van der Waals surface area contributed by atoms with Crippen molar-refractivity contribution < 1.29 is 9.84 Å². The van der Waals surface area contributed by atoms with Gasteiger partial charge >= 0.3 is 0 Å². The topological polar surface area (TPSA) is 41.5 Å². The summed E-state index contributed by atoms with van der Waals surface area (Å²) in [4.78, 5) is 0. The second-order valence-corrected chi connectivity index (χ2v) is 3.61. The number of methoxy groups -OCH3 is 1. The van der Waals surface area contributed by atoms with Gasteiger partial charge in [0.05, 0.1) is 12.1 Å². The molecule has 0 aliphatic heterocycles. The van der Waals surface area contributed by atoms with Crippen LogP contribution in [0.2, 0.25) is 5.02 Å². The zero-order valence-corrected chi connectivity index (χ0v) is 9.55. The van der Waals surface area contributed by atoms with Crippen molar-refractivity contribution in [3.63, 3.8) is 0 Å². The second kappa shape index (κ2) is 6.53. The molecule has 0 unspecified atom stereocenters. The maximum atomic E-state index is 8.61. The summed E-state index contributed by atoms with van der Waals surface area (Å²) < 4.78 is 5.05. The average molecular weight is 230 g/mol. The molecule has 0 aliphatic carbocycles. The van der Waals surface area contributed by atoms with Crippen LogP contribution >= 0.6 is 11.6 Å². The van der Waals surface area contributed by atoms with Crippen molar-refractivity contribution >= 4 is 17.3 Å². The summed E-state index contributed by atoms with van der Waals surface area (Å²) in [6.07, 6.45) is 1.76. The molecule has 3 nitrogen and oxygen atoms in total. The van der Waals surface area contributed by atoms with E-state index in [0.717, 1.165) is 25.1 Å². The Labute approximate surface area is 95.0 Å². The molecule has 84 valence electrons. The number of hydrogen-bond acceptors (Lipinski definition) is 3. The molecule has 0 radical (unpaired) electrons. The third-order valence-corrected chi connectivity index (χ3v) is 2.36. The normalized spacial score (nSPS) is 10.1. The Hall–Kier alpha value is -0.930. The lowest BCUT2D eigenvalue weighted by Gasteiger charge is -2.08. The lowest BCUT2D eigenvalue weighted by atomic mass is 10.2. The monoisotopic (exact) mass is 229 g/mol. The van der Waals surface area contributed by atoms with Gasteiger partial charge in [0, 0.05) is 18.8 Å². The SMILES string of the molecule is COc1ccc(NCCCCO)cc1Cl. The highest BCUT2D eigenvalue weighted by Gasteiger charge is 2.00. The fourth-order valence-corrected chi connectivity index (χ4v) is 1.50. The molecule has 0 bridgehead atoms. The number of aliphatic hydroxyl groups excluding tert-OH is 1. The Bertz CT molecular complexity index is 305. The van der Waals surface area contributed by atoms with Crippen LogP contribution in [0.4, 0.5) is 5.69 Å². The Kier molecular flexibility index (Phi) is 5.29. The van der Waals surface area contributed by atoms with Crippen LogP contribution in [0.5, 0.6) is 5.75 Å². The predicted molar refractivity (Wildman–Crippen MR) is 62.8 cm³/mol. The highest BCUT2D eigenvalue weighted by atomic mass is 35.5. The predicted octanol–water partition coefficient (Wildman–Crippen LogP) is 2.53. The van der Waals surface area contributed by atoms with Gasteiger partial charge in [-0.3, -0.25) is 0 Å². The summed E-state index contributed by atoms with van der Waals surface area (Å²) >= 11 is 5.96. The Morgan fingerprint density at radius 1 is 1.40 bits per heavy atom. The van der Waals surface area contributed by atoms with Crippen molar-refractivity contribution in [2.24, 2.45) is 0 Å². The quantitative estimate of drug-likeness (QED) is 0.737. The summed E-state index contributed by atoms with van der Waals surface area (Å²) in [5.41, 5.74) is 0.971. The number of benzene rings is 1. The van der Waals surface area contributed by atoms with Crippen molar-refractivity contribution in [1.29, 1.82) is 0 Å². The fourth-order valence-electron chi connectivity index (χ4n) is 1.25. The first kappa shape index (κ1) is 12.1. The standard InChI is InChI=1S/C11H16ClNO2/c1-15-11-5-4-9(8-10(11)12)13-6-2-3-7-14/h4-5,8,13-14H,2-3,6-7H2,1H3. The third-order valence-electron chi connectivity index (χ3n) is 2.07. The summed E-state index contributed by atoms with van der Waals surface area (Å²) in [7, 11) is 1.59. The van der Waals surface area contributed by atoms with Gasteiger partial charge in [0.25, 0.3) is 0 Å². The highest BCUT2D eigenvalue weighted by Crippen LogP contribution is 2.27. The summed E-state index contributed by atoms with van der Waals surface area (Å²) in [6, 6.07) is 5.58. The first-order valence-corrected chi connectivity index (χ1v) is 5.34. The molecule has 2 N–H and O–H groups in total. The first-order chi connectivity index (χ1) is 7.27. The average Bonchev–Trinajstić information content (AvgIpc) is 2.25. The van der Waals surface area contributed by atoms with E-state index in [-0.39, 0.29) is 6.61 Å². The maximum absolute atomic E-state index is 8.61. The van der Waals surface area contributed by atoms with E-state index in [4.69, 9.17) is 21.4 Å². The highest BCUT2D eigenvalue weighted by molar-refractivity contribution is 6.32. The minimum Gasteiger partial charge on any atom is -0.495 e. The number of rotatable bonds is 6. The number of nitrogens with one attached hydrogen (secondary N) is 1. The molecule has 0 aromatic heterocycles. The number of unbranched alkanes of at least 4 members (excludes halogenated alkanes) is 1. The van der Waals surface area contributed by atoms with E-state index in [1.165, 1.54) is 0 Å². The molecule has 1 aromatic carbocycles. The lowest BCUT2D eigenvalue weighted by molar-refractivity contribution is 0.286. The van der Waals surface area contributed by atoms with E-state index in [9.17, 15) is 0 Å². The van der Waals surface area contributed by atoms with Crippen molar-refractivity contribution in [3.05, 3.63) is 23.2 Å². The zero-order valence-electron chi connectivity index (χ0n) is 8.79. The van der Waals surface area contributed by atoms with Gasteiger partial charge in [-0.15, -0.1) is 0 Å². The van der Waals surface area contributed by atoms with Gasteiger partial charge in [-0.05, 0) is 31.0 Å². The minimum absolute atomic E-state index is 0.241. The molecule has 1 rings (SSSR count). The molecule has 0 aliphatic rings. The van der Waals surface area contributed by atoms with Crippen molar-refractivity contribution in [3.8, 4) is 5.75 Å². The van der Waals surface area contributed by atoms with Gasteiger partial charge in [0.2, 0.25) is 0 Å². The van der Waals surface area contributed by atoms with Crippen LogP contribution < -0.4 is 10.1 Å². The molecule has 0 saturated heterocycles. The molecule has 4 heteroatoms. The van der Waals surface area contributed by atoms with Gasteiger partial charge in [0.1, 0.15) is 5.75 Å². The van der Waals surface area contributed by atoms with E-state index in [0.29, 0.717) is 10.8 Å². The third kappa shape index (κ3) is 3.98. The smallest absolute Gasteiger partial charge is 0.137 e. The molecule has 0 amide bonds. The zero-order chi connectivity index (χ0) is 11.1. The molecule has 0 fully saturated rings. The van der Waals surface area contributed by atoms with Crippen molar-refractivity contribution in [1.82, 2.24) is 0 Å². The molecule has 1 aromatic rings. The summed E-state index contributed by atoms with van der Waals surface area (Å²) in [5.74, 6) is 0.678. The number of anilines is 1. The molecule has 0 heterocycles. The Balaban J connectivity index is 2.45. The Morgan fingerprint density at radius 2 is 2.20 bits per heavy atom. The minimum atomic E-state index is 0.241. The number of halogens is 1. The largest absolute Gasteiger partial charge is 0.495 e. The van der Waals surface area contributed by atoms with Crippen LogP contribution in [0.3, 0.4) is 0 Å².